The maximum absolute atomic E-state index is 12.6. The molecule has 2 bridgehead atoms. The first-order valence-corrected chi connectivity index (χ1v) is 22.7. The van der Waals surface area contributed by atoms with E-state index in [1.807, 2.05) is 37.3 Å². The molecule has 2 fully saturated rings. The standard InChI is InChI=1S/C48H75NO17/c1-28-18-16-14-12-10-8-6-7-9-11-13-15-17-19-35(65-47-45(59)42(49)44(58)31(4)64-47)25-39-41(46(60)61)38(55)27-48(62-5,66-39)26-34(52)23-37(54)36(53)21-20-32(50)22-33(51)24-40(56)63-30(3)29(2)43(28)57/h6-19,28-39,41-45,47,50-55,57-59H,20-27,49H2,1-5H3,(H,60,61)/b7-6+,10-8+,11-9+,14-12+,15-13+,18-16+,19-17+/t28-,29-,30-,31-,32+,33+,34-,35-,36+,37+,38-,39-,41+,42-,43+,44+,45-,47-,48+/m0/s1. The molecule has 66 heavy (non-hydrogen) atoms. The zero-order chi connectivity index (χ0) is 49.1. The van der Waals surface area contributed by atoms with Crippen molar-refractivity contribution in [2.24, 2.45) is 23.5 Å². The lowest BCUT2D eigenvalue weighted by Gasteiger charge is -2.47. The van der Waals surface area contributed by atoms with Crippen molar-refractivity contribution in [1.82, 2.24) is 0 Å². The van der Waals surface area contributed by atoms with Crippen LogP contribution in [0.5, 0.6) is 0 Å². The van der Waals surface area contributed by atoms with Crippen LogP contribution >= 0.6 is 0 Å². The number of aliphatic carboxylic acids is 1. The monoisotopic (exact) mass is 938 g/mol. The molecule has 0 aliphatic carbocycles. The van der Waals surface area contributed by atoms with Gasteiger partial charge in [-0.2, -0.15) is 0 Å². The molecule has 19 atom stereocenters. The van der Waals surface area contributed by atoms with Crippen molar-refractivity contribution in [3.8, 4) is 0 Å². The summed E-state index contributed by atoms with van der Waals surface area (Å²) >= 11 is 0. The van der Waals surface area contributed by atoms with Gasteiger partial charge < -0.3 is 80.5 Å². The van der Waals surface area contributed by atoms with Gasteiger partial charge in [0.25, 0.3) is 0 Å². The highest BCUT2D eigenvalue weighted by Crippen LogP contribution is 2.40. The van der Waals surface area contributed by atoms with Crippen molar-refractivity contribution in [2.75, 3.05) is 7.11 Å². The molecule has 18 heteroatoms. The maximum Gasteiger partial charge on any atom is 0.311 e. The van der Waals surface area contributed by atoms with Crippen LogP contribution in [0.2, 0.25) is 0 Å². The number of carboxylic acid groups (broad SMARTS) is 1. The lowest BCUT2D eigenvalue weighted by Crippen LogP contribution is -2.61. The maximum atomic E-state index is 12.6. The van der Waals surface area contributed by atoms with E-state index in [-0.39, 0.29) is 38.0 Å². The number of fused-ring (bicyclic) bond motifs is 2. The Morgan fingerprint density at radius 2 is 1.24 bits per heavy atom. The Hall–Kier alpha value is -3.44. The van der Waals surface area contributed by atoms with E-state index in [9.17, 15) is 60.7 Å². The first-order valence-electron chi connectivity index (χ1n) is 22.7. The molecule has 0 aromatic carbocycles. The summed E-state index contributed by atoms with van der Waals surface area (Å²) < 4.78 is 29.3. The number of methoxy groups -OCH3 is 1. The zero-order valence-electron chi connectivity index (χ0n) is 38.5. The molecule has 12 N–H and O–H groups in total. The molecule has 0 aromatic heterocycles. The summed E-state index contributed by atoms with van der Waals surface area (Å²) in [4.78, 5) is 25.2. The van der Waals surface area contributed by atoms with Crippen molar-refractivity contribution >= 4 is 11.9 Å². The molecule has 0 saturated carbocycles. The Morgan fingerprint density at radius 1 is 0.667 bits per heavy atom. The third kappa shape index (κ3) is 18.2. The van der Waals surface area contributed by atoms with Crippen LogP contribution in [0.15, 0.2) is 85.1 Å². The summed E-state index contributed by atoms with van der Waals surface area (Å²) in [5, 5.41) is 108. The smallest absolute Gasteiger partial charge is 0.311 e. The van der Waals surface area contributed by atoms with E-state index in [4.69, 9.17) is 29.4 Å². The fourth-order valence-corrected chi connectivity index (χ4v) is 8.16. The van der Waals surface area contributed by atoms with Gasteiger partial charge in [-0.05, 0) is 33.1 Å². The van der Waals surface area contributed by atoms with Crippen molar-refractivity contribution in [3.63, 3.8) is 0 Å². The third-order valence-electron chi connectivity index (χ3n) is 12.4. The van der Waals surface area contributed by atoms with Crippen LogP contribution in [0.4, 0.5) is 0 Å². The van der Waals surface area contributed by atoms with Crippen molar-refractivity contribution in [3.05, 3.63) is 85.1 Å². The Bertz CT molecular complexity index is 1680. The number of hydrogen-bond acceptors (Lipinski definition) is 17. The van der Waals surface area contributed by atoms with Gasteiger partial charge in [0.2, 0.25) is 0 Å². The van der Waals surface area contributed by atoms with Crippen LogP contribution in [0.1, 0.15) is 79.1 Å². The van der Waals surface area contributed by atoms with Gasteiger partial charge in [0.05, 0.1) is 79.6 Å². The lowest BCUT2D eigenvalue weighted by molar-refractivity contribution is -0.317. The van der Waals surface area contributed by atoms with E-state index >= 15 is 0 Å². The number of esters is 1. The Labute approximate surface area is 387 Å². The van der Waals surface area contributed by atoms with Gasteiger partial charge in [-0.1, -0.05) is 98.9 Å². The molecule has 0 radical (unpaired) electrons. The van der Waals surface area contributed by atoms with Crippen molar-refractivity contribution in [1.29, 1.82) is 0 Å². The largest absolute Gasteiger partial charge is 0.481 e. The minimum atomic E-state index is -1.78. The summed E-state index contributed by atoms with van der Waals surface area (Å²) in [5.74, 6) is -6.12. The molecule has 3 aliphatic heterocycles. The van der Waals surface area contributed by atoms with E-state index in [1.165, 1.54) is 7.11 Å². The highest BCUT2D eigenvalue weighted by atomic mass is 16.7. The number of cyclic esters (lactones) is 1. The van der Waals surface area contributed by atoms with Gasteiger partial charge in [-0.15, -0.1) is 0 Å². The average Bonchev–Trinajstić information content (AvgIpc) is 3.24. The Balaban J connectivity index is 1.89. The molecule has 18 nitrogen and oxygen atoms in total. The van der Waals surface area contributed by atoms with Gasteiger partial charge in [0, 0.05) is 44.6 Å². The number of aliphatic hydroxyl groups is 9. The summed E-state index contributed by atoms with van der Waals surface area (Å²) in [6.45, 7) is 6.79. The predicted molar refractivity (Wildman–Crippen MR) is 242 cm³/mol. The molecule has 2 saturated heterocycles. The highest BCUT2D eigenvalue weighted by molar-refractivity contribution is 5.71. The topological polar surface area (TPSA) is 309 Å². The van der Waals surface area contributed by atoms with Crippen molar-refractivity contribution < 1.29 is 84.3 Å². The number of hydrogen-bond donors (Lipinski definition) is 11. The van der Waals surface area contributed by atoms with Crippen molar-refractivity contribution in [2.45, 2.75) is 177 Å². The quantitative estimate of drug-likeness (QED) is 0.177. The number of carbonyl (C=O) groups is 2. The molecular formula is C48H75NO17. The van der Waals surface area contributed by atoms with Gasteiger partial charge in [-0.3, -0.25) is 9.59 Å². The molecule has 0 spiro atoms. The number of carboxylic acids is 1. The molecule has 0 amide bonds. The van der Waals surface area contributed by atoms with E-state index in [0.717, 1.165) is 0 Å². The molecular weight excluding hydrogens is 863 g/mol. The second-order valence-corrected chi connectivity index (χ2v) is 17.7. The fourth-order valence-electron chi connectivity index (χ4n) is 8.16. The normalized spacial score (nSPS) is 45.0. The minimum Gasteiger partial charge on any atom is -0.481 e. The fraction of sp³-hybridized carbons (Fsp3) is 0.667. The SMILES string of the molecule is CO[C@]12C[C@@H](O)C[C@@H](O)[C@H](O)CC[C@@H](O)C[C@@H](O)CC(=O)O[C@@H](C)[C@H](C)[C@H](O)[C@@H](C)/C=C/C=C/C=C/C=C/C=C/C=C/C=C/[C@H](O[C@@H]3O[C@@H](C)[C@@H](O)[C@H](N)[C@@H]3O)C[C@H](O1)[C@H](C(=O)O)[C@@H](O)C2. The Morgan fingerprint density at radius 3 is 1.82 bits per heavy atom. The molecule has 3 aliphatic rings. The second-order valence-electron chi connectivity index (χ2n) is 17.7. The van der Waals surface area contributed by atoms with Crippen LogP contribution in [-0.4, -0.2) is 168 Å². The summed E-state index contributed by atoms with van der Waals surface area (Å²) in [6.07, 6.45) is 5.15. The van der Waals surface area contributed by atoms with Crippen LogP contribution in [0.3, 0.4) is 0 Å². The lowest BCUT2D eigenvalue weighted by atomic mass is 9.82. The molecule has 374 valence electrons. The average molecular weight is 938 g/mol. The van der Waals surface area contributed by atoms with Crippen LogP contribution in [0, 0.1) is 17.8 Å². The van der Waals surface area contributed by atoms with Crippen LogP contribution < -0.4 is 5.73 Å². The zero-order valence-corrected chi connectivity index (χ0v) is 38.5. The van der Waals surface area contributed by atoms with E-state index in [1.54, 1.807) is 75.5 Å². The van der Waals surface area contributed by atoms with E-state index in [0.29, 0.717) is 0 Å². The van der Waals surface area contributed by atoms with E-state index in [2.05, 4.69) is 0 Å². The Kier molecular flexibility index (Phi) is 24.3. The highest BCUT2D eigenvalue weighted by Gasteiger charge is 2.52. The van der Waals surface area contributed by atoms with Gasteiger partial charge >= 0.3 is 11.9 Å². The van der Waals surface area contributed by atoms with Crippen LogP contribution in [0.25, 0.3) is 0 Å². The summed E-state index contributed by atoms with van der Waals surface area (Å²) in [5.41, 5.74) is 6.05. The third-order valence-corrected chi connectivity index (χ3v) is 12.4. The first kappa shape index (κ1) is 56.9. The number of rotatable bonds is 4. The van der Waals surface area contributed by atoms with Gasteiger partial charge in [-0.25, -0.2) is 0 Å². The van der Waals surface area contributed by atoms with Gasteiger partial charge in [0.15, 0.2) is 12.1 Å². The number of nitrogens with two attached hydrogens (primary N) is 1. The van der Waals surface area contributed by atoms with Crippen LogP contribution in [-0.2, 0) is 33.3 Å². The molecule has 3 heterocycles. The number of allylic oxidation sites excluding steroid dienone is 12. The predicted octanol–water partition coefficient (Wildman–Crippen LogP) is 1.37. The first-order chi connectivity index (χ1) is 31.2. The molecule has 0 aromatic rings. The van der Waals surface area contributed by atoms with Gasteiger partial charge in [0.1, 0.15) is 18.1 Å². The number of aliphatic hydroxyl groups excluding tert-OH is 9. The minimum absolute atomic E-state index is 0.0813. The number of ether oxygens (including phenoxy) is 5. The number of carbonyl (C=O) groups excluding carboxylic acids is 1. The molecule has 3 rings (SSSR count). The summed E-state index contributed by atoms with van der Waals surface area (Å²) in [7, 11) is 1.25. The van der Waals surface area contributed by atoms with E-state index < -0.39 is 141 Å². The second kappa shape index (κ2) is 28.1. The molecule has 0 unspecified atom stereocenters. The summed E-state index contributed by atoms with van der Waals surface area (Å²) in [6, 6.07) is -1.13.